The molecule has 0 saturated heterocycles. The van der Waals surface area contributed by atoms with Crippen molar-refractivity contribution >= 4 is 5.82 Å². The molecule has 1 fully saturated rings. The lowest BCUT2D eigenvalue weighted by molar-refractivity contribution is 0.414. The highest BCUT2D eigenvalue weighted by molar-refractivity contribution is 5.57. The monoisotopic (exact) mass is 442 g/mol. The van der Waals surface area contributed by atoms with Gasteiger partial charge in [0.15, 0.2) is 0 Å². The summed E-state index contributed by atoms with van der Waals surface area (Å²) in [6.07, 6.45) is 10.3. The molecule has 0 aliphatic heterocycles. The summed E-state index contributed by atoms with van der Waals surface area (Å²) in [6.45, 7) is 0.593. The number of rotatable bonds is 7. The minimum Gasteiger partial charge on any atom is -0.497 e. The summed E-state index contributed by atoms with van der Waals surface area (Å²) in [6, 6.07) is 15.5. The van der Waals surface area contributed by atoms with Crippen LogP contribution in [-0.4, -0.2) is 37.7 Å². The topological polar surface area (TPSA) is 86.9 Å². The van der Waals surface area contributed by atoms with E-state index < -0.39 is 0 Å². The fourth-order valence-electron chi connectivity index (χ4n) is 4.16. The molecule has 1 aliphatic rings. The van der Waals surface area contributed by atoms with Crippen LogP contribution < -0.4 is 15.6 Å². The van der Waals surface area contributed by atoms with Gasteiger partial charge < -0.3 is 10.1 Å². The maximum Gasteiger partial charge on any atom is 0.255 e. The molecule has 33 heavy (non-hydrogen) atoms. The number of pyridine rings is 2. The largest absolute Gasteiger partial charge is 0.497 e. The van der Waals surface area contributed by atoms with Crippen LogP contribution in [0.3, 0.4) is 0 Å². The van der Waals surface area contributed by atoms with E-state index in [1.165, 1.54) is 25.7 Å². The smallest absolute Gasteiger partial charge is 0.255 e. The van der Waals surface area contributed by atoms with Crippen LogP contribution in [0.2, 0.25) is 0 Å². The molecule has 0 spiro atoms. The molecule has 1 N–H and O–H groups in total. The number of nitrogens with one attached hydrogen (secondary N) is 1. The zero-order valence-electron chi connectivity index (χ0n) is 18.5. The number of nitrogens with zero attached hydrogens (tertiary/aromatic N) is 5. The van der Waals surface area contributed by atoms with Crippen LogP contribution in [0.25, 0.3) is 16.9 Å². The molecule has 5 rings (SSSR count). The van der Waals surface area contributed by atoms with Gasteiger partial charge in [0.1, 0.15) is 17.3 Å². The predicted octanol–water partition coefficient (Wildman–Crippen LogP) is 3.90. The summed E-state index contributed by atoms with van der Waals surface area (Å²) in [4.78, 5) is 17.0. The van der Waals surface area contributed by atoms with Crippen LogP contribution in [0, 0.1) is 0 Å². The van der Waals surface area contributed by atoms with E-state index in [4.69, 9.17) is 4.74 Å². The molecule has 0 atom stereocenters. The van der Waals surface area contributed by atoms with E-state index in [0.29, 0.717) is 24.0 Å². The number of ether oxygens (including phenoxy) is 1. The quantitative estimate of drug-likeness (QED) is 0.467. The second-order valence-corrected chi connectivity index (χ2v) is 8.30. The van der Waals surface area contributed by atoms with E-state index in [2.05, 4.69) is 20.6 Å². The highest BCUT2D eigenvalue weighted by Gasteiger charge is 2.15. The lowest BCUT2D eigenvalue weighted by Gasteiger charge is -2.13. The molecule has 0 bridgehead atoms. The first-order valence-electron chi connectivity index (χ1n) is 11.2. The maximum absolute atomic E-state index is 12.5. The van der Waals surface area contributed by atoms with Gasteiger partial charge in [0.2, 0.25) is 0 Å². The Balaban J connectivity index is 1.33. The Morgan fingerprint density at radius 2 is 1.85 bits per heavy atom. The van der Waals surface area contributed by atoms with E-state index in [-0.39, 0.29) is 5.56 Å². The van der Waals surface area contributed by atoms with Crippen molar-refractivity contribution in [3.8, 4) is 22.7 Å². The lowest BCUT2D eigenvalue weighted by Crippen LogP contribution is -2.18. The van der Waals surface area contributed by atoms with Crippen molar-refractivity contribution in [3.63, 3.8) is 0 Å². The number of hydrogen-bond donors (Lipinski definition) is 1. The normalized spacial score (nSPS) is 13.8. The van der Waals surface area contributed by atoms with Gasteiger partial charge in [0.25, 0.3) is 5.56 Å². The van der Waals surface area contributed by atoms with Crippen LogP contribution in [0.15, 0.2) is 71.9 Å². The Morgan fingerprint density at radius 3 is 2.58 bits per heavy atom. The highest BCUT2D eigenvalue weighted by Crippen LogP contribution is 2.22. The summed E-state index contributed by atoms with van der Waals surface area (Å²) in [5, 5.41) is 12.0. The van der Waals surface area contributed by atoms with Crippen molar-refractivity contribution in [3.05, 3.63) is 83.0 Å². The zero-order chi connectivity index (χ0) is 22.6. The summed E-state index contributed by atoms with van der Waals surface area (Å²) in [5.41, 5.74) is 3.19. The number of hydrogen-bond acceptors (Lipinski definition) is 6. The standard InChI is InChI=1S/C25H26N6O2/c1-33-22-10-6-18(7-11-22)15-30-17-23(28-29-30)19-8-13-25(32)31(16-19)21-9-12-24(26-14-21)27-20-4-2-3-5-20/h6-14,16-17,20H,2-5,15H2,1H3,(H,26,27). The van der Waals surface area contributed by atoms with Crippen molar-refractivity contribution in [1.29, 1.82) is 0 Å². The van der Waals surface area contributed by atoms with Gasteiger partial charge in [-0.15, -0.1) is 5.10 Å². The van der Waals surface area contributed by atoms with Gasteiger partial charge >= 0.3 is 0 Å². The van der Waals surface area contributed by atoms with Crippen LogP contribution in [0.5, 0.6) is 5.75 Å². The molecular weight excluding hydrogens is 416 g/mol. The Bertz CT molecular complexity index is 1270. The van der Waals surface area contributed by atoms with Crippen LogP contribution >= 0.6 is 0 Å². The van der Waals surface area contributed by atoms with Crippen LogP contribution in [0.1, 0.15) is 31.2 Å². The molecule has 1 saturated carbocycles. The third-order valence-corrected chi connectivity index (χ3v) is 5.98. The molecule has 3 heterocycles. The second kappa shape index (κ2) is 9.28. The summed E-state index contributed by atoms with van der Waals surface area (Å²) in [5.74, 6) is 1.66. The highest BCUT2D eigenvalue weighted by atomic mass is 16.5. The third kappa shape index (κ3) is 4.79. The first-order chi connectivity index (χ1) is 16.2. The van der Waals surface area contributed by atoms with E-state index in [1.54, 1.807) is 40.9 Å². The summed E-state index contributed by atoms with van der Waals surface area (Å²) >= 11 is 0. The molecule has 0 radical (unpaired) electrons. The molecule has 0 unspecified atom stereocenters. The van der Waals surface area contributed by atoms with E-state index in [1.807, 2.05) is 42.6 Å². The van der Waals surface area contributed by atoms with Gasteiger partial charge in [-0.1, -0.05) is 30.2 Å². The second-order valence-electron chi connectivity index (χ2n) is 8.30. The average Bonchev–Trinajstić information content (AvgIpc) is 3.53. The van der Waals surface area contributed by atoms with E-state index in [9.17, 15) is 4.79 Å². The molecule has 3 aromatic heterocycles. The van der Waals surface area contributed by atoms with Crippen molar-refractivity contribution in [2.75, 3.05) is 12.4 Å². The van der Waals surface area contributed by atoms with Gasteiger partial charge in [-0.2, -0.15) is 0 Å². The van der Waals surface area contributed by atoms with E-state index >= 15 is 0 Å². The number of aromatic nitrogens is 5. The Kier molecular flexibility index (Phi) is 5.89. The fraction of sp³-hybridized carbons (Fsp3) is 0.280. The van der Waals surface area contributed by atoms with E-state index in [0.717, 1.165) is 22.7 Å². The first-order valence-corrected chi connectivity index (χ1v) is 11.2. The molecule has 4 aromatic rings. The Labute approximate surface area is 191 Å². The lowest BCUT2D eigenvalue weighted by atomic mass is 10.2. The minimum absolute atomic E-state index is 0.123. The minimum atomic E-state index is -0.123. The van der Waals surface area contributed by atoms with Crippen molar-refractivity contribution in [2.45, 2.75) is 38.3 Å². The Hall–Kier alpha value is -3.94. The number of methoxy groups -OCH3 is 1. The van der Waals surface area contributed by atoms with Crippen LogP contribution in [0.4, 0.5) is 5.82 Å². The molecular formula is C25H26N6O2. The van der Waals surface area contributed by atoms with Gasteiger partial charge in [-0.3, -0.25) is 9.36 Å². The van der Waals surface area contributed by atoms with Gasteiger partial charge in [0.05, 0.1) is 31.7 Å². The fourth-order valence-corrected chi connectivity index (χ4v) is 4.16. The van der Waals surface area contributed by atoms with Gasteiger partial charge in [-0.25, -0.2) is 9.67 Å². The maximum atomic E-state index is 12.5. The van der Waals surface area contributed by atoms with Gasteiger partial charge in [-0.05, 0) is 48.7 Å². The number of anilines is 1. The number of benzene rings is 1. The van der Waals surface area contributed by atoms with Gasteiger partial charge in [0, 0.05) is 23.9 Å². The van der Waals surface area contributed by atoms with Crippen LogP contribution in [-0.2, 0) is 6.54 Å². The molecule has 8 heteroatoms. The molecule has 1 aliphatic carbocycles. The van der Waals surface area contributed by atoms with Crippen molar-refractivity contribution in [1.82, 2.24) is 24.5 Å². The third-order valence-electron chi connectivity index (χ3n) is 5.98. The van der Waals surface area contributed by atoms with Crippen molar-refractivity contribution in [2.24, 2.45) is 0 Å². The molecule has 8 nitrogen and oxygen atoms in total. The Morgan fingerprint density at radius 1 is 1.03 bits per heavy atom. The molecule has 0 amide bonds. The molecule has 1 aromatic carbocycles. The predicted molar refractivity (Wildman–Crippen MR) is 127 cm³/mol. The molecule has 168 valence electrons. The average molecular weight is 443 g/mol. The zero-order valence-corrected chi connectivity index (χ0v) is 18.5. The first kappa shape index (κ1) is 20.9. The summed E-state index contributed by atoms with van der Waals surface area (Å²) < 4.78 is 8.57. The van der Waals surface area contributed by atoms with Crippen molar-refractivity contribution < 1.29 is 4.74 Å². The summed E-state index contributed by atoms with van der Waals surface area (Å²) in [7, 11) is 1.65. The SMILES string of the molecule is COc1ccc(Cn2cc(-c3ccc(=O)n(-c4ccc(NC5CCCC5)nc4)c3)nn2)cc1.